The molecule has 0 saturated heterocycles. The Hall–Kier alpha value is 2.92. The number of Topliss-reactive ketones (excluding diaryl/α,β-unsaturated/α-hetero) is 2. The van der Waals surface area contributed by atoms with E-state index < -0.39 is 89.6 Å². The molecule has 2 unspecified atom stereocenters. The maximum atomic E-state index is 13.7. The molecule has 2 N–H and O–H groups in total. The van der Waals surface area contributed by atoms with Crippen LogP contribution < -0.4 is 190 Å². The summed E-state index contributed by atoms with van der Waals surface area (Å²) in [6.07, 6.45) is -14.9. The van der Waals surface area contributed by atoms with Gasteiger partial charge in [0.05, 0.1) is 31.3 Å². The number of carbonyl (C=O) groups excluding carboxylic acids is 2. The minimum atomic E-state index is -6.75. The summed E-state index contributed by atoms with van der Waals surface area (Å²) < 4.78 is 63.5. The molecule has 1 fully saturated rings. The van der Waals surface area contributed by atoms with E-state index in [9.17, 15) is 77.2 Å². The fourth-order valence-corrected chi connectivity index (χ4v) is 6.70. The van der Waals surface area contributed by atoms with Gasteiger partial charge in [0, 0.05) is 11.1 Å². The molecule has 0 amide bonds. The third kappa shape index (κ3) is 17.3. The fourth-order valence-electron chi connectivity index (χ4n) is 4.50. The summed E-state index contributed by atoms with van der Waals surface area (Å²) in [5, 5.41) is 23.4. The minimum absolute atomic E-state index is 0. The zero-order valence-corrected chi connectivity index (χ0v) is 32.7. The van der Waals surface area contributed by atoms with Crippen molar-refractivity contribution in [1.82, 2.24) is 0 Å². The van der Waals surface area contributed by atoms with Gasteiger partial charge in [-0.2, -0.15) is 0 Å². The van der Waals surface area contributed by atoms with E-state index in [1.54, 1.807) is 0 Å². The first-order valence-corrected chi connectivity index (χ1v) is 17.2. The molecule has 6 atom stereocenters. The number of hydrogen-bond donors (Lipinski definition) is 2. The molecule has 52 heavy (non-hydrogen) atoms. The van der Waals surface area contributed by atoms with Crippen LogP contribution in [0.25, 0.3) is 0 Å². The predicted octanol–water partition coefficient (Wildman–Crippen LogP) is -29.9. The van der Waals surface area contributed by atoms with Crippen molar-refractivity contribution in [2.24, 2.45) is 0 Å². The molecule has 1 saturated carbocycles. The number of carbonyl (C=O) groups is 2. The molecule has 32 heteroatoms. The smallest absolute Gasteiger partial charge is 0.790 e. The van der Waals surface area contributed by atoms with Crippen molar-refractivity contribution in [3.05, 3.63) is 71.8 Å². The Labute approximate surface area is 392 Å². The summed E-state index contributed by atoms with van der Waals surface area (Å²) in [7, 11) is -27.0. The number of rotatable bonds is 12. The Balaban J connectivity index is -0.000000661. The second-order valence-corrected chi connectivity index (χ2v) is 13.4. The van der Waals surface area contributed by atoms with E-state index in [0.717, 1.165) is 48.5 Å². The molecule has 0 heterocycles. The van der Waals surface area contributed by atoms with Crippen LogP contribution in [0.4, 0.5) is 0 Å². The summed E-state index contributed by atoms with van der Waals surface area (Å²) in [6.45, 7) is 0. The van der Waals surface area contributed by atoms with Crippen LogP contribution >= 0.6 is 31.3 Å². The predicted molar refractivity (Wildman–Crippen MR) is 121 cm³/mol. The van der Waals surface area contributed by atoms with Crippen LogP contribution in [0.2, 0.25) is 0 Å². The number of phosphoric acid groups is 4. The normalized spacial score (nSPS) is 24.0. The number of aliphatic hydroxyl groups is 2. The number of ketones is 2. The Bertz CT molecular complexity index is 1410. The van der Waals surface area contributed by atoms with Crippen molar-refractivity contribution in [1.29, 1.82) is 0 Å². The van der Waals surface area contributed by atoms with Gasteiger partial charge in [0.1, 0.15) is 24.4 Å². The van der Waals surface area contributed by atoms with Gasteiger partial charge in [-0.3, -0.25) is 9.59 Å². The molecule has 0 radical (unpaired) electrons. The van der Waals surface area contributed by atoms with Gasteiger partial charge in [-0.15, -0.1) is 0 Å². The maximum absolute atomic E-state index is 13.7. The average Bonchev–Trinajstić information content (AvgIpc) is 2.89. The maximum Gasteiger partial charge on any atom is 1.00 e. The van der Waals surface area contributed by atoms with Gasteiger partial charge in [-0.1, -0.05) is 60.7 Å². The van der Waals surface area contributed by atoms with Crippen molar-refractivity contribution in [3.63, 3.8) is 0 Å². The van der Waals surface area contributed by atoms with Crippen molar-refractivity contribution in [2.45, 2.75) is 35.6 Å². The minimum Gasteiger partial charge on any atom is -0.790 e. The molecule has 0 spiro atoms. The first kappa shape index (κ1) is 66.7. The van der Waals surface area contributed by atoms with Crippen LogP contribution in [-0.2, 0) is 36.4 Å². The molecule has 244 valence electrons. The standard InChI is InChI=1S/C20H24O20P4.8Li/c21-13(11-7-3-1-4-8-11)19(23)15(37-41(25,26)27)17(39-43(31,32)33)20(24,14(22)12-9-5-2-6-10-12)18(40-44(34,35)36)16(19)38-42(28,29)30;;;;;;;;/h1-10,15-18,23-24H,(H2,25,26,27)(H2,28,29,30)(H2,31,32,33)(H2,34,35,36);;;;;;;;/q;8*+1/p-8/t15-,16-,17-,18+,19?,20?;;;;;;;;/m1......../s1. The molecular weight excluding hydrogens is 740 g/mol. The molecule has 1 aliphatic carbocycles. The van der Waals surface area contributed by atoms with E-state index in [0.29, 0.717) is 0 Å². The molecule has 0 aromatic heterocycles. The largest absolute Gasteiger partial charge is 1.00 e. The molecule has 3 rings (SSSR count). The monoisotopic (exact) mass is 756 g/mol. The first-order valence-electron chi connectivity index (χ1n) is 11.4. The zero-order valence-electron chi connectivity index (χ0n) is 29.1. The summed E-state index contributed by atoms with van der Waals surface area (Å²) >= 11 is 0. The van der Waals surface area contributed by atoms with Gasteiger partial charge in [0.25, 0.3) is 0 Å². The van der Waals surface area contributed by atoms with Crippen LogP contribution in [0.15, 0.2) is 60.7 Å². The Morgan fingerprint density at radius 3 is 0.769 bits per heavy atom. The Kier molecular flexibility index (Phi) is 32.7. The summed E-state index contributed by atoms with van der Waals surface area (Å²) in [5.74, 6) is -4.19. The molecule has 0 bridgehead atoms. The average molecular weight is 756 g/mol. The number of hydrogen-bond acceptors (Lipinski definition) is 20. The van der Waals surface area contributed by atoms with Gasteiger partial charge >= 0.3 is 151 Å². The summed E-state index contributed by atoms with van der Waals surface area (Å²) in [5.41, 5.74) is -10.5. The van der Waals surface area contributed by atoms with Gasteiger partial charge in [-0.05, 0) is 0 Å². The van der Waals surface area contributed by atoms with E-state index >= 15 is 0 Å². The molecule has 2 aromatic rings. The van der Waals surface area contributed by atoms with Crippen LogP contribution in [0.3, 0.4) is 0 Å². The molecular formula is C20H16Li8O20P4. The molecule has 0 aliphatic heterocycles. The van der Waals surface area contributed by atoms with Crippen LogP contribution in [0.5, 0.6) is 0 Å². The van der Waals surface area contributed by atoms with Gasteiger partial charge in [-0.25, -0.2) is 0 Å². The van der Waals surface area contributed by atoms with E-state index in [2.05, 4.69) is 18.1 Å². The van der Waals surface area contributed by atoms with E-state index in [4.69, 9.17) is 0 Å². The van der Waals surface area contributed by atoms with Crippen LogP contribution in [-0.4, -0.2) is 57.4 Å². The van der Waals surface area contributed by atoms with E-state index in [-0.39, 0.29) is 151 Å². The molecule has 1 aliphatic rings. The van der Waals surface area contributed by atoms with Gasteiger partial charge in [0.15, 0.2) is 22.8 Å². The van der Waals surface area contributed by atoms with Crippen molar-refractivity contribution >= 4 is 42.9 Å². The fraction of sp³-hybridized carbons (Fsp3) is 0.300. The van der Waals surface area contributed by atoms with Crippen molar-refractivity contribution in [2.75, 3.05) is 0 Å². The first-order chi connectivity index (χ1) is 19.9. The SMILES string of the molecule is O=C(c1ccccc1)C1(O)[C@H](OP(=O)([O-])[O-])[C@@H](OP(=O)([O-])[O-])C(O)(C(=O)c2ccccc2)[C@@H](OP(=O)([O-])[O-])[C@H]1OP(=O)([O-])[O-].[Li+].[Li+].[Li+].[Li+].[Li+].[Li+].[Li+].[Li+]. The molecule has 2 aromatic carbocycles. The topological polar surface area (TPSA) is 364 Å². The van der Waals surface area contributed by atoms with Crippen molar-refractivity contribution < 1.29 is 246 Å². The zero-order chi connectivity index (χ0) is 33.5. The van der Waals surface area contributed by atoms with Gasteiger partial charge in [0.2, 0.25) is 0 Å². The second kappa shape index (κ2) is 25.5. The van der Waals surface area contributed by atoms with Crippen molar-refractivity contribution in [3.8, 4) is 0 Å². The van der Waals surface area contributed by atoms with E-state index in [1.807, 2.05) is 0 Å². The van der Waals surface area contributed by atoms with Gasteiger partial charge < -0.3 is 85.7 Å². The number of benzene rings is 2. The summed E-state index contributed by atoms with van der Waals surface area (Å²) in [4.78, 5) is 122. The van der Waals surface area contributed by atoms with Crippen LogP contribution in [0.1, 0.15) is 20.7 Å². The quantitative estimate of drug-likeness (QED) is 0.115. The van der Waals surface area contributed by atoms with E-state index in [1.165, 1.54) is 12.1 Å². The molecule has 20 nitrogen and oxygen atoms in total. The Morgan fingerprint density at radius 1 is 0.442 bits per heavy atom. The third-order valence-electron chi connectivity index (χ3n) is 6.06. The summed E-state index contributed by atoms with van der Waals surface area (Å²) in [6, 6.07) is 9.82. The number of phosphoric ester groups is 4. The third-order valence-corrected chi connectivity index (χ3v) is 8.00. The van der Waals surface area contributed by atoms with Crippen LogP contribution in [0, 0.1) is 0 Å². The Morgan fingerprint density at radius 2 is 0.615 bits per heavy atom. The second-order valence-electron chi connectivity index (χ2n) is 8.93.